The Hall–Kier alpha value is -3.13. The molecule has 34 heavy (non-hydrogen) atoms. The van der Waals surface area contributed by atoms with E-state index in [4.69, 9.17) is 4.74 Å². The Balaban J connectivity index is 1.16. The van der Waals surface area contributed by atoms with Crippen molar-refractivity contribution in [1.82, 2.24) is 20.9 Å². The molecular formula is C26H35N5O3. The van der Waals surface area contributed by atoms with Gasteiger partial charge in [-0.3, -0.25) is 14.6 Å². The number of benzene rings is 1. The van der Waals surface area contributed by atoms with Gasteiger partial charge in [0, 0.05) is 43.1 Å². The van der Waals surface area contributed by atoms with Crippen LogP contribution in [0.15, 0.2) is 48.8 Å². The summed E-state index contributed by atoms with van der Waals surface area (Å²) < 4.78 is 5.69. The first kappa shape index (κ1) is 24.0. The number of nitrogens with one attached hydrogen (secondary N) is 3. The smallest absolute Gasteiger partial charge is 0.251 e. The molecule has 2 amide bonds. The molecule has 2 aromatic rings. The molecule has 0 radical (unpaired) electrons. The van der Waals surface area contributed by atoms with Gasteiger partial charge in [0.1, 0.15) is 11.8 Å². The molecule has 2 aliphatic rings. The van der Waals surface area contributed by atoms with E-state index in [1.807, 2.05) is 36.4 Å². The number of piperidine rings is 1. The van der Waals surface area contributed by atoms with Crippen molar-refractivity contribution in [2.75, 3.05) is 37.7 Å². The number of carbonyl (C=O) groups excluding carboxylic acids is 2. The molecule has 2 aliphatic heterocycles. The van der Waals surface area contributed by atoms with Crippen LogP contribution in [0.5, 0.6) is 5.75 Å². The fraction of sp³-hybridized carbons (Fsp3) is 0.500. The molecular weight excluding hydrogens is 430 g/mol. The Morgan fingerprint density at radius 1 is 1.12 bits per heavy atom. The molecule has 8 heteroatoms. The van der Waals surface area contributed by atoms with Crippen LogP contribution in [0.3, 0.4) is 0 Å². The molecule has 1 atom stereocenters. The standard InChI is InChI=1S/C26H35N5O3/c32-25(30-24-6-1-2-14-29-26(24)33)20-7-9-22(10-8-20)31-16-11-21(12-17-31)28-15-4-18-34-23-5-3-13-27-19-23/h3,5,7-10,13,19,21,24,28H,1-2,4,6,11-12,14-18H2,(H,29,33)(H,30,32)/t24-/m0/s1. The van der Waals surface area contributed by atoms with Gasteiger partial charge in [0.2, 0.25) is 5.91 Å². The summed E-state index contributed by atoms with van der Waals surface area (Å²) in [7, 11) is 0. The number of hydrogen-bond donors (Lipinski definition) is 3. The molecule has 3 heterocycles. The predicted molar refractivity (Wildman–Crippen MR) is 132 cm³/mol. The zero-order chi connectivity index (χ0) is 23.6. The van der Waals surface area contributed by atoms with Gasteiger partial charge < -0.3 is 25.6 Å². The molecule has 0 unspecified atom stereocenters. The van der Waals surface area contributed by atoms with Crippen molar-refractivity contribution in [3.8, 4) is 5.75 Å². The average molecular weight is 466 g/mol. The molecule has 3 N–H and O–H groups in total. The molecule has 0 aliphatic carbocycles. The summed E-state index contributed by atoms with van der Waals surface area (Å²) in [5, 5.41) is 9.38. The summed E-state index contributed by atoms with van der Waals surface area (Å²) in [6.07, 6.45) is 9.19. The van der Waals surface area contributed by atoms with Gasteiger partial charge >= 0.3 is 0 Å². The van der Waals surface area contributed by atoms with E-state index in [1.54, 1.807) is 12.4 Å². The highest BCUT2D eigenvalue weighted by Crippen LogP contribution is 2.21. The number of ether oxygens (including phenoxy) is 1. The molecule has 0 spiro atoms. The zero-order valence-corrected chi connectivity index (χ0v) is 19.7. The van der Waals surface area contributed by atoms with Crippen LogP contribution >= 0.6 is 0 Å². The minimum Gasteiger partial charge on any atom is -0.492 e. The first-order chi connectivity index (χ1) is 16.7. The molecule has 1 aromatic heterocycles. The third kappa shape index (κ3) is 6.93. The van der Waals surface area contributed by atoms with Crippen molar-refractivity contribution in [2.24, 2.45) is 0 Å². The van der Waals surface area contributed by atoms with E-state index in [-0.39, 0.29) is 11.8 Å². The van der Waals surface area contributed by atoms with E-state index in [2.05, 4.69) is 25.8 Å². The minimum absolute atomic E-state index is 0.0834. The number of carbonyl (C=O) groups is 2. The van der Waals surface area contributed by atoms with Gasteiger partial charge in [-0.15, -0.1) is 0 Å². The van der Waals surface area contributed by atoms with E-state index >= 15 is 0 Å². The van der Waals surface area contributed by atoms with E-state index < -0.39 is 6.04 Å². The number of rotatable bonds is 9. The quantitative estimate of drug-likeness (QED) is 0.493. The summed E-state index contributed by atoms with van der Waals surface area (Å²) in [6, 6.07) is 11.6. The van der Waals surface area contributed by atoms with Gasteiger partial charge in [-0.2, -0.15) is 0 Å². The third-order valence-electron chi connectivity index (χ3n) is 6.49. The Morgan fingerprint density at radius 3 is 2.71 bits per heavy atom. The molecule has 0 saturated carbocycles. The van der Waals surface area contributed by atoms with Crippen LogP contribution in [-0.2, 0) is 4.79 Å². The SMILES string of the molecule is O=C(N[C@H]1CCCCNC1=O)c1ccc(N2CCC(NCCCOc3cccnc3)CC2)cc1. The maximum Gasteiger partial charge on any atom is 0.251 e. The van der Waals surface area contributed by atoms with Crippen molar-refractivity contribution in [2.45, 2.75) is 50.6 Å². The summed E-state index contributed by atoms with van der Waals surface area (Å²) >= 11 is 0. The molecule has 2 fully saturated rings. The van der Waals surface area contributed by atoms with Crippen molar-refractivity contribution in [3.05, 3.63) is 54.4 Å². The van der Waals surface area contributed by atoms with Crippen LogP contribution in [0.25, 0.3) is 0 Å². The Morgan fingerprint density at radius 2 is 1.94 bits per heavy atom. The molecule has 1 aromatic carbocycles. The van der Waals surface area contributed by atoms with E-state index in [0.717, 1.165) is 63.2 Å². The average Bonchev–Trinajstić information content (AvgIpc) is 3.08. The molecule has 0 bridgehead atoms. The lowest BCUT2D eigenvalue weighted by Crippen LogP contribution is -2.45. The van der Waals surface area contributed by atoms with Crippen molar-refractivity contribution in [3.63, 3.8) is 0 Å². The topological polar surface area (TPSA) is 95.6 Å². The third-order valence-corrected chi connectivity index (χ3v) is 6.49. The lowest BCUT2D eigenvalue weighted by Gasteiger charge is -2.34. The Labute approximate surface area is 201 Å². The highest BCUT2D eigenvalue weighted by atomic mass is 16.5. The number of aromatic nitrogens is 1. The lowest BCUT2D eigenvalue weighted by atomic mass is 10.0. The molecule has 2 saturated heterocycles. The van der Waals surface area contributed by atoms with E-state index in [0.29, 0.717) is 31.2 Å². The maximum absolute atomic E-state index is 12.6. The van der Waals surface area contributed by atoms with Crippen molar-refractivity contribution in [1.29, 1.82) is 0 Å². The second kappa shape index (κ2) is 12.4. The number of hydrogen-bond acceptors (Lipinski definition) is 6. The summed E-state index contributed by atoms with van der Waals surface area (Å²) in [5.41, 5.74) is 1.72. The van der Waals surface area contributed by atoms with Crippen LogP contribution < -0.4 is 25.6 Å². The van der Waals surface area contributed by atoms with Gasteiger partial charge in [0.25, 0.3) is 5.91 Å². The number of pyridine rings is 1. The minimum atomic E-state index is -0.442. The van der Waals surface area contributed by atoms with Crippen molar-refractivity contribution >= 4 is 17.5 Å². The number of amides is 2. The number of nitrogens with zero attached hydrogens (tertiary/aromatic N) is 2. The molecule has 4 rings (SSSR count). The normalized spacial score (nSPS) is 19.2. The summed E-state index contributed by atoms with van der Waals surface area (Å²) in [6.45, 7) is 4.28. The molecule has 8 nitrogen and oxygen atoms in total. The first-order valence-electron chi connectivity index (χ1n) is 12.4. The highest BCUT2D eigenvalue weighted by molar-refractivity contribution is 5.97. The highest BCUT2D eigenvalue weighted by Gasteiger charge is 2.23. The van der Waals surface area contributed by atoms with E-state index in [9.17, 15) is 9.59 Å². The first-order valence-corrected chi connectivity index (χ1v) is 12.4. The van der Waals surface area contributed by atoms with Gasteiger partial charge in [-0.25, -0.2) is 0 Å². The summed E-state index contributed by atoms with van der Waals surface area (Å²) in [4.78, 5) is 31.1. The second-order valence-electron chi connectivity index (χ2n) is 8.97. The fourth-order valence-electron chi connectivity index (χ4n) is 4.48. The van der Waals surface area contributed by atoms with Gasteiger partial charge in [-0.05, 0) is 81.5 Å². The van der Waals surface area contributed by atoms with Crippen LogP contribution in [0, 0.1) is 0 Å². The predicted octanol–water partition coefficient (Wildman–Crippen LogP) is 2.51. The van der Waals surface area contributed by atoms with Crippen LogP contribution in [0.1, 0.15) is 48.9 Å². The Bertz CT molecular complexity index is 914. The number of anilines is 1. The largest absolute Gasteiger partial charge is 0.492 e. The van der Waals surface area contributed by atoms with Crippen LogP contribution in [0.2, 0.25) is 0 Å². The van der Waals surface area contributed by atoms with Crippen molar-refractivity contribution < 1.29 is 14.3 Å². The van der Waals surface area contributed by atoms with Gasteiger partial charge in [0.15, 0.2) is 0 Å². The van der Waals surface area contributed by atoms with Crippen LogP contribution in [0.4, 0.5) is 5.69 Å². The Kier molecular flexibility index (Phi) is 8.73. The molecule has 182 valence electrons. The lowest BCUT2D eigenvalue weighted by molar-refractivity contribution is -0.122. The zero-order valence-electron chi connectivity index (χ0n) is 19.7. The second-order valence-corrected chi connectivity index (χ2v) is 8.97. The van der Waals surface area contributed by atoms with E-state index in [1.165, 1.54) is 0 Å². The fourth-order valence-corrected chi connectivity index (χ4v) is 4.48. The summed E-state index contributed by atoms with van der Waals surface area (Å²) in [5.74, 6) is 0.540. The van der Waals surface area contributed by atoms with Gasteiger partial charge in [-0.1, -0.05) is 0 Å². The monoisotopic (exact) mass is 465 g/mol. The maximum atomic E-state index is 12.6. The van der Waals surface area contributed by atoms with Gasteiger partial charge in [0.05, 0.1) is 12.8 Å². The van der Waals surface area contributed by atoms with Crippen LogP contribution in [-0.4, -0.2) is 61.7 Å².